The summed E-state index contributed by atoms with van der Waals surface area (Å²) in [5.74, 6) is -1.46. The van der Waals surface area contributed by atoms with Crippen LogP contribution < -0.4 is 4.74 Å². The average Bonchev–Trinajstić information content (AvgIpc) is 3.21. The van der Waals surface area contributed by atoms with Gasteiger partial charge in [0.2, 0.25) is 0 Å². The molecule has 20 heavy (non-hydrogen) atoms. The third kappa shape index (κ3) is 2.30. The molecule has 0 saturated heterocycles. The molecular weight excluding hydrogens is 265 g/mol. The lowest BCUT2D eigenvalue weighted by Gasteiger charge is -2.10. The molecule has 5 nitrogen and oxygen atoms in total. The standard InChI is InChI=1S/C14H12FNO4/c15-10-4-7-3-8(14(18)19)5-12(20-9-1-2-9)13(7)16-11(10)6-17/h3-5,9,17H,1-2,6H2,(H,18,19). The van der Waals surface area contributed by atoms with Crippen LogP contribution in [0.15, 0.2) is 18.2 Å². The molecule has 104 valence electrons. The summed E-state index contributed by atoms with van der Waals surface area (Å²) in [5, 5.41) is 18.5. The number of aromatic carboxylic acids is 1. The maximum atomic E-state index is 13.6. The van der Waals surface area contributed by atoms with Crippen LogP contribution in [0, 0.1) is 5.82 Å². The van der Waals surface area contributed by atoms with Gasteiger partial charge in [-0.3, -0.25) is 0 Å². The normalized spacial score (nSPS) is 14.5. The minimum Gasteiger partial charge on any atom is -0.488 e. The number of pyridine rings is 1. The molecule has 0 unspecified atom stereocenters. The Morgan fingerprint density at radius 3 is 2.75 bits per heavy atom. The van der Waals surface area contributed by atoms with Gasteiger partial charge in [-0.1, -0.05) is 0 Å². The summed E-state index contributed by atoms with van der Waals surface area (Å²) < 4.78 is 19.3. The second-order valence-electron chi connectivity index (χ2n) is 4.74. The van der Waals surface area contributed by atoms with Crippen LogP contribution in [0.3, 0.4) is 0 Å². The van der Waals surface area contributed by atoms with E-state index in [1.165, 1.54) is 18.2 Å². The van der Waals surface area contributed by atoms with E-state index in [1.807, 2.05) is 0 Å². The van der Waals surface area contributed by atoms with E-state index in [9.17, 15) is 9.18 Å². The van der Waals surface area contributed by atoms with Gasteiger partial charge in [0, 0.05) is 5.39 Å². The zero-order chi connectivity index (χ0) is 14.3. The maximum Gasteiger partial charge on any atom is 0.335 e. The summed E-state index contributed by atoms with van der Waals surface area (Å²) in [7, 11) is 0. The van der Waals surface area contributed by atoms with Crippen LogP contribution in [0.2, 0.25) is 0 Å². The van der Waals surface area contributed by atoms with E-state index in [0.29, 0.717) is 16.7 Å². The minimum atomic E-state index is -1.11. The number of aliphatic hydroxyl groups is 1. The van der Waals surface area contributed by atoms with Crippen LogP contribution in [0.1, 0.15) is 28.9 Å². The van der Waals surface area contributed by atoms with E-state index in [4.69, 9.17) is 14.9 Å². The predicted molar refractivity (Wildman–Crippen MR) is 68.2 cm³/mol. The molecule has 0 amide bonds. The van der Waals surface area contributed by atoms with E-state index in [1.54, 1.807) is 0 Å². The van der Waals surface area contributed by atoms with E-state index < -0.39 is 18.4 Å². The number of nitrogens with zero attached hydrogens (tertiary/aromatic N) is 1. The Bertz CT molecular complexity index is 697. The van der Waals surface area contributed by atoms with Gasteiger partial charge in [-0.2, -0.15) is 0 Å². The van der Waals surface area contributed by atoms with Crippen LogP contribution in [0.5, 0.6) is 5.75 Å². The van der Waals surface area contributed by atoms with E-state index in [2.05, 4.69) is 4.98 Å². The Kier molecular flexibility index (Phi) is 3.02. The van der Waals surface area contributed by atoms with Crippen molar-refractivity contribution in [3.05, 3.63) is 35.3 Å². The van der Waals surface area contributed by atoms with Gasteiger partial charge in [0.05, 0.1) is 18.3 Å². The zero-order valence-electron chi connectivity index (χ0n) is 10.5. The first-order valence-corrected chi connectivity index (χ1v) is 6.22. The van der Waals surface area contributed by atoms with Crippen molar-refractivity contribution in [2.75, 3.05) is 0 Å². The Labute approximate surface area is 113 Å². The van der Waals surface area contributed by atoms with Crippen LogP contribution >= 0.6 is 0 Å². The van der Waals surface area contributed by atoms with E-state index in [0.717, 1.165) is 12.8 Å². The van der Waals surface area contributed by atoms with Gasteiger partial charge in [0.1, 0.15) is 22.8 Å². The first-order valence-electron chi connectivity index (χ1n) is 6.22. The lowest BCUT2D eigenvalue weighted by molar-refractivity contribution is 0.0696. The fourth-order valence-corrected chi connectivity index (χ4v) is 1.96. The maximum absolute atomic E-state index is 13.6. The van der Waals surface area contributed by atoms with Crippen molar-refractivity contribution in [1.29, 1.82) is 0 Å². The Balaban J connectivity index is 2.21. The van der Waals surface area contributed by atoms with Crippen molar-refractivity contribution in [2.24, 2.45) is 0 Å². The number of carboxylic acids is 1. The molecule has 1 aliphatic rings. The second kappa shape index (κ2) is 4.72. The summed E-state index contributed by atoms with van der Waals surface area (Å²) in [6, 6.07) is 3.89. The van der Waals surface area contributed by atoms with Gasteiger partial charge < -0.3 is 14.9 Å². The van der Waals surface area contributed by atoms with Gasteiger partial charge in [-0.05, 0) is 31.0 Å². The largest absolute Gasteiger partial charge is 0.488 e. The second-order valence-corrected chi connectivity index (χ2v) is 4.74. The summed E-state index contributed by atoms with van der Waals surface area (Å²) >= 11 is 0. The first kappa shape index (κ1) is 12.8. The molecule has 0 atom stereocenters. The van der Waals surface area contributed by atoms with Crippen molar-refractivity contribution >= 4 is 16.9 Å². The fourth-order valence-electron chi connectivity index (χ4n) is 1.96. The zero-order valence-corrected chi connectivity index (χ0v) is 10.5. The number of hydrogen-bond acceptors (Lipinski definition) is 4. The molecule has 0 spiro atoms. The van der Waals surface area contributed by atoms with Gasteiger partial charge in [-0.25, -0.2) is 14.2 Å². The summed E-state index contributed by atoms with van der Waals surface area (Å²) in [5.41, 5.74) is 0.305. The lowest BCUT2D eigenvalue weighted by Crippen LogP contribution is -2.04. The number of fused-ring (bicyclic) bond motifs is 1. The molecule has 1 aromatic carbocycles. The highest BCUT2D eigenvalue weighted by Gasteiger charge is 2.25. The molecule has 3 rings (SSSR count). The smallest absolute Gasteiger partial charge is 0.335 e. The molecule has 1 saturated carbocycles. The highest BCUT2D eigenvalue weighted by Crippen LogP contribution is 2.33. The number of aromatic nitrogens is 1. The van der Waals surface area contributed by atoms with Gasteiger partial charge in [0.25, 0.3) is 0 Å². The lowest BCUT2D eigenvalue weighted by atomic mass is 10.1. The predicted octanol–water partition coefficient (Wildman–Crippen LogP) is 2.11. The number of halogens is 1. The molecule has 0 aliphatic heterocycles. The number of hydrogen-bond donors (Lipinski definition) is 2. The Morgan fingerprint density at radius 1 is 1.40 bits per heavy atom. The summed E-state index contributed by atoms with van der Waals surface area (Å²) in [6.45, 7) is -0.522. The van der Waals surface area contributed by atoms with Gasteiger partial charge in [-0.15, -0.1) is 0 Å². The highest BCUT2D eigenvalue weighted by molar-refractivity contribution is 5.96. The number of rotatable bonds is 4. The van der Waals surface area contributed by atoms with Crippen molar-refractivity contribution in [3.63, 3.8) is 0 Å². The monoisotopic (exact) mass is 277 g/mol. The molecule has 0 bridgehead atoms. The van der Waals surface area contributed by atoms with Crippen molar-refractivity contribution in [3.8, 4) is 5.75 Å². The van der Waals surface area contributed by atoms with E-state index >= 15 is 0 Å². The van der Waals surface area contributed by atoms with Crippen molar-refractivity contribution in [2.45, 2.75) is 25.6 Å². The van der Waals surface area contributed by atoms with Crippen molar-refractivity contribution < 1.29 is 24.1 Å². The summed E-state index contributed by atoms with van der Waals surface area (Å²) in [4.78, 5) is 15.1. The third-order valence-corrected chi connectivity index (χ3v) is 3.12. The molecular formula is C14H12FNO4. The number of benzene rings is 1. The topological polar surface area (TPSA) is 79.7 Å². The number of ether oxygens (including phenoxy) is 1. The van der Waals surface area contributed by atoms with Gasteiger partial charge >= 0.3 is 5.97 Å². The first-order chi connectivity index (χ1) is 9.58. The molecule has 2 N–H and O–H groups in total. The molecule has 1 heterocycles. The van der Waals surface area contributed by atoms with E-state index in [-0.39, 0.29) is 17.4 Å². The Hall–Kier alpha value is -2.21. The van der Waals surface area contributed by atoms with Crippen LogP contribution in [-0.4, -0.2) is 27.3 Å². The minimum absolute atomic E-state index is 0.0195. The summed E-state index contributed by atoms with van der Waals surface area (Å²) in [6.07, 6.45) is 1.88. The molecule has 1 aliphatic carbocycles. The number of carbonyl (C=O) groups is 1. The number of aliphatic hydroxyl groups excluding tert-OH is 1. The average molecular weight is 277 g/mol. The Morgan fingerprint density at radius 2 is 2.15 bits per heavy atom. The quantitative estimate of drug-likeness (QED) is 0.894. The van der Waals surface area contributed by atoms with Gasteiger partial charge in [0.15, 0.2) is 0 Å². The molecule has 6 heteroatoms. The SMILES string of the molecule is O=C(O)c1cc(OC2CC2)c2nc(CO)c(F)cc2c1. The fraction of sp³-hybridized carbons (Fsp3) is 0.286. The molecule has 1 aromatic heterocycles. The molecule has 0 radical (unpaired) electrons. The third-order valence-electron chi connectivity index (χ3n) is 3.12. The van der Waals surface area contributed by atoms with Crippen LogP contribution in [-0.2, 0) is 6.61 Å². The van der Waals surface area contributed by atoms with Crippen LogP contribution in [0.4, 0.5) is 4.39 Å². The van der Waals surface area contributed by atoms with Crippen LogP contribution in [0.25, 0.3) is 10.9 Å². The molecule has 1 fully saturated rings. The highest BCUT2D eigenvalue weighted by atomic mass is 19.1. The van der Waals surface area contributed by atoms with Crippen molar-refractivity contribution in [1.82, 2.24) is 4.98 Å². The molecule has 2 aromatic rings. The number of carboxylic acid groups (broad SMARTS) is 1.